The molecular formula is C11H15N3O4S. The van der Waals surface area contributed by atoms with Crippen molar-refractivity contribution in [2.24, 2.45) is 0 Å². The number of carboxylic acid groups (broad SMARTS) is 1. The number of aromatic nitrogens is 1. The molecule has 8 heteroatoms. The van der Waals surface area contributed by atoms with Crippen LogP contribution in [0, 0.1) is 6.92 Å². The number of ether oxygens (including phenoxy) is 1. The third-order valence-corrected chi connectivity index (χ3v) is 3.61. The van der Waals surface area contributed by atoms with E-state index in [4.69, 9.17) is 9.84 Å². The number of nitrogens with zero attached hydrogens (tertiary/aromatic N) is 1. The van der Waals surface area contributed by atoms with Crippen molar-refractivity contribution in [2.75, 3.05) is 25.1 Å². The quantitative estimate of drug-likeness (QED) is 0.743. The van der Waals surface area contributed by atoms with E-state index in [0.29, 0.717) is 18.9 Å². The number of nitrogens with one attached hydrogen (secondary N) is 2. The minimum absolute atomic E-state index is 0.0314. The van der Waals surface area contributed by atoms with E-state index in [0.717, 1.165) is 18.1 Å². The highest BCUT2D eigenvalue weighted by Crippen LogP contribution is 2.24. The van der Waals surface area contributed by atoms with Crippen LogP contribution in [0.15, 0.2) is 0 Å². The molecule has 0 aliphatic carbocycles. The number of amides is 1. The summed E-state index contributed by atoms with van der Waals surface area (Å²) < 4.78 is 9.20. The summed E-state index contributed by atoms with van der Waals surface area (Å²) in [6.07, 6.45) is 0.246. The monoisotopic (exact) mass is 285 g/mol. The Labute approximate surface area is 114 Å². The van der Waals surface area contributed by atoms with E-state index in [2.05, 4.69) is 15.0 Å². The highest BCUT2D eigenvalue weighted by molar-refractivity contribution is 7.11. The first-order valence-electron chi connectivity index (χ1n) is 5.88. The van der Waals surface area contributed by atoms with Gasteiger partial charge in [-0.2, -0.15) is 4.37 Å². The van der Waals surface area contributed by atoms with Gasteiger partial charge in [-0.05, 0) is 18.5 Å². The minimum Gasteiger partial charge on any atom is -0.478 e. The molecule has 1 amide bonds. The van der Waals surface area contributed by atoms with Gasteiger partial charge in [-0.15, -0.1) is 0 Å². The van der Waals surface area contributed by atoms with Crippen LogP contribution in [0.1, 0.15) is 22.5 Å². The van der Waals surface area contributed by atoms with Crippen molar-refractivity contribution < 1.29 is 19.4 Å². The summed E-state index contributed by atoms with van der Waals surface area (Å²) in [7, 11) is 0. The largest absolute Gasteiger partial charge is 0.478 e. The number of carbonyl (C=O) groups excluding carboxylic acids is 1. The van der Waals surface area contributed by atoms with Gasteiger partial charge in [0, 0.05) is 19.0 Å². The van der Waals surface area contributed by atoms with Crippen molar-refractivity contribution in [1.82, 2.24) is 9.69 Å². The second-order valence-corrected chi connectivity index (χ2v) is 5.03. The van der Waals surface area contributed by atoms with Gasteiger partial charge in [-0.3, -0.25) is 4.79 Å². The molecule has 1 aliphatic heterocycles. The molecular weight excluding hydrogens is 270 g/mol. The molecule has 1 unspecified atom stereocenters. The normalized spacial score (nSPS) is 19.1. The molecule has 0 bridgehead atoms. The second kappa shape index (κ2) is 6.09. The van der Waals surface area contributed by atoms with Crippen LogP contribution in [-0.2, 0) is 9.53 Å². The Morgan fingerprint density at radius 2 is 2.42 bits per heavy atom. The molecule has 2 heterocycles. The van der Waals surface area contributed by atoms with Gasteiger partial charge < -0.3 is 20.5 Å². The van der Waals surface area contributed by atoms with Gasteiger partial charge >= 0.3 is 5.97 Å². The topological polar surface area (TPSA) is 101 Å². The van der Waals surface area contributed by atoms with E-state index in [1.54, 1.807) is 6.92 Å². The molecule has 19 heavy (non-hydrogen) atoms. The van der Waals surface area contributed by atoms with E-state index in [1.165, 1.54) is 0 Å². The maximum atomic E-state index is 11.8. The summed E-state index contributed by atoms with van der Waals surface area (Å²) in [5, 5.41) is 15.1. The molecule has 1 fully saturated rings. The lowest BCUT2D eigenvalue weighted by atomic mass is 10.2. The number of morpholine rings is 1. The van der Waals surface area contributed by atoms with Crippen molar-refractivity contribution in [3.63, 3.8) is 0 Å². The minimum atomic E-state index is -1.08. The Kier molecular flexibility index (Phi) is 4.46. The van der Waals surface area contributed by atoms with Crippen molar-refractivity contribution in [2.45, 2.75) is 19.4 Å². The number of hydrogen-bond acceptors (Lipinski definition) is 6. The van der Waals surface area contributed by atoms with Crippen LogP contribution in [0.3, 0.4) is 0 Å². The molecule has 0 spiro atoms. The zero-order valence-electron chi connectivity index (χ0n) is 10.4. The lowest BCUT2D eigenvalue weighted by Crippen LogP contribution is -2.43. The van der Waals surface area contributed by atoms with E-state index < -0.39 is 5.97 Å². The molecule has 3 N–H and O–H groups in total. The molecule has 1 aromatic heterocycles. The fourth-order valence-electron chi connectivity index (χ4n) is 1.86. The third kappa shape index (κ3) is 3.49. The number of rotatable bonds is 4. The number of carbonyl (C=O) groups is 2. The standard InChI is InChI=1S/C11H15N3O4S/c1-6-9(11(16)17)10(19-14-6)13-8(15)4-7-5-18-3-2-12-7/h7,12H,2-5H2,1H3,(H,13,15)(H,16,17). The Hall–Kier alpha value is -1.51. The maximum Gasteiger partial charge on any atom is 0.340 e. The number of aryl methyl sites for hydroxylation is 1. The van der Waals surface area contributed by atoms with E-state index in [1.807, 2.05) is 0 Å². The summed E-state index contributed by atoms with van der Waals surface area (Å²) in [6.45, 7) is 3.46. The van der Waals surface area contributed by atoms with E-state index in [-0.39, 0.29) is 28.9 Å². The van der Waals surface area contributed by atoms with Crippen LogP contribution in [0.2, 0.25) is 0 Å². The second-order valence-electron chi connectivity index (χ2n) is 4.26. The lowest BCUT2D eigenvalue weighted by Gasteiger charge is -2.23. The van der Waals surface area contributed by atoms with Crippen LogP contribution in [0.25, 0.3) is 0 Å². The molecule has 104 valence electrons. The Bertz CT molecular complexity index is 482. The fourth-order valence-corrected chi connectivity index (χ4v) is 2.66. The number of anilines is 1. The predicted octanol–water partition coefficient (Wildman–Crippen LogP) is 0.467. The van der Waals surface area contributed by atoms with Crippen LogP contribution >= 0.6 is 11.5 Å². The lowest BCUT2D eigenvalue weighted by molar-refractivity contribution is -0.117. The Morgan fingerprint density at radius 3 is 3.05 bits per heavy atom. The van der Waals surface area contributed by atoms with Gasteiger partial charge in [0.25, 0.3) is 0 Å². The fraction of sp³-hybridized carbons (Fsp3) is 0.545. The highest BCUT2D eigenvalue weighted by Gasteiger charge is 2.21. The molecule has 1 saturated heterocycles. The molecule has 2 rings (SSSR count). The van der Waals surface area contributed by atoms with Gasteiger partial charge in [-0.1, -0.05) is 0 Å². The highest BCUT2D eigenvalue weighted by atomic mass is 32.1. The molecule has 7 nitrogen and oxygen atoms in total. The van der Waals surface area contributed by atoms with Crippen molar-refractivity contribution in [1.29, 1.82) is 0 Å². The zero-order chi connectivity index (χ0) is 13.8. The van der Waals surface area contributed by atoms with Gasteiger partial charge in [-0.25, -0.2) is 4.79 Å². The van der Waals surface area contributed by atoms with Crippen molar-refractivity contribution in [3.8, 4) is 0 Å². The summed E-state index contributed by atoms with van der Waals surface area (Å²) in [5.74, 6) is -1.32. The van der Waals surface area contributed by atoms with Crippen LogP contribution < -0.4 is 10.6 Å². The number of aromatic carboxylic acids is 1. The number of carboxylic acids is 1. The summed E-state index contributed by atoms with van der Waals surface area (Å²) in [6, 6.07) is -0.0314. The zero-order valence-corrected chi connectivity index (χ0v) is 11.2. The molecule has 0 radical (unpaired) electrons. The van der Waals surface area contributed by atoms with E-state index in [9.17, 15) is 9.59 Å². The predicted molar refractivity (Wildman–Crippen MR) is 69.7 cm³/mol. The maximum absolute atomic E-state index is 11.8. The molecule has 1 aliphatic rings. The Morgan fingerprint density at radius 1 is 1.63 bits per heavy atom. The van der Waals surface area contributed by atoms with Crippen molar-refractivity contribution >= 4 is 28.4 Å². The van der Waals surface area contributed by atoms with Gasteiger partial charge in [0.05, 0.1) is 18.9 Å². The summed E-state index contributed by atoms with van der Waals surface area (Å²) in [4.78, 5) is 22.9. The number of hydrogen-bond donors (Lipinski definition) is 3. The first-order chi connectivity index (χ1) is 9.08. The molecule has 0 saturated carbocycles. The van der Waals surface area contributed by atoms with Crippen LogP contribution in [0.5, 0.6) is 0 Å². The molecule has 0 aromatic carbocycles. The first kappa shape index (κ1) is 13.9. The summed E-state index contributed by atoms with van der Waals surface area (Å²) >= 11 is 0.980. The van der Waals surface area contributed by atoms with Crippen molar-refractivity contribution in [3.05, 3.63) is 11.3 Å². The first-order valence-corrected chi connectivity index (χ1v) is 6.66. The average molecular weight is 285 g/mol. The summed E-state index contributed by atoms with van der Waals surface area (Å²) in [5.41, 5.74) is 0.470. The van der Waals surface area contributed by atoms with Crippen LogP contribution in [0.4, 0.5) is 5.00 Å². The van der Waals surface area contributed by atoms with E-state index >= 15 is 0 Å². The van der Waals surface area contributed by atoms with Gasteiger partial charge in [0.15, 0.2) is 0 Å². The molecule has 1 atom stereocenters. The average Bonchev–Trinajstić information content (AvgIpc) is 2.71. The van der Waals surface area contributed by atoms with Gasteiger partial charge in [0.1, 0.15) is 10.6 Å². The SMILES string of the molecule is Cc1nsc(NC(=O)CC2COCCN2)c1C(=O)O. The molecule has 1 aromatic rings. The smallest absolute Gasteiger partial charge is 0.340 e. The Balaban J connectivity index is 1.96. The van der Waals surface area contributed by atoms with Gasteiger partial charge in [0.2, 0.25) is 5.91 Å². The third-order valence-electron chi connectivity index (χ3n) is 2.76. The van der Waals surface area contributed by atoms with Crippen LogP contribution in [-0.4, -0.2) is 47.2 Å².